The Morgan fingerprint density at radius 2 is 1.69 bits per heavy atom. The van der Waals surface area contributed by atoms with Crippen LogP contribution in [0.1, 0.15) is 79.1 Å². The van der Waals surface area contributed by atoms with Crippen LogP contribution >= 0.6 is 0 Å². The van der Waals surface area contributed by atoms with E-state index in [2.05, 4.69) is 21.3 Å². The van der Waals surface area contributed by atoms with E-state index in [0.717, 1.165) is 32.1 Å². The molecule has 2 rings (SSSR count). The molecule has 11 heteroatoms. The number of hydrogen-bond donors (Lipinski definition) is 6. The molecule has 1 saturated heterocycles. The molecule has 2 fully saturated rings. The first-order chi connectivity index (χ1) is 16.9. The summed E-state index contributed by atoms with van der Waals surface area (Å²) >= 11 is 0. The number of aliphatic hydroxyl groups is 1. The summed E-state index contributed by atoms with van der Waals surface area (Å²) in [6.07, 6.45) is 4.35. The van der Waals surface area contributed by atoms with Crippen LogP contribution in [0.5, 0.6) is 0 Å². The minimum absolute atomic E-state index is 0.0924. The summed E-state index contributed by atoms with van der Waals surface area (Å²) in [4.78, 5) is 49.9. The summed E-state index contributed by atoms with van der Waals surface area (Å²) in [5.74, 6) is -1.23. The molecule has 1 aliphatic carbocycles. The predicted octanol–water partition coefficient (Wildman–Crippen LogP) is 1.28. The maximum absolute atomic E-state index is 13.3. The lowest BCUT2D eigenvalue weighted by atomic mass is 9.84. The largest absolute Gasteiger partial charge is 0.465 e. The van der Waals surface area contributed by atoms with Crippen molar-refractivity contribution in [2.24, 2.45) is 11.8 Å². The third-order valence-electron chi connectivity index (χ3n) is 6.80. The number of rotatable bonds is 12. The Kier molecular flexibility index (Phi) is 11.4. The molecule has 6 N–H and O–H groups in total. The van der Waals surface area contributed by atoms with Crippen LogP contribution in [0.4, 0.5) is 4.79 Å². The lowest BCUT2D eigenvalue weighted by molar-refractivity contribution is -0.135. The Morgan fingerprint density at radius 1 is 1.03 bits per heavy atom. The van der Waals surface area contributed by atoms with Gasteiger partial charge in [-0.15, -0.1) is 0 Å². The number of ether oxygens (including phenoxy) is 1. The van der Waals surface area contributed by atoms with E-state index < -0.39 is 47.7 Å². The molecule has 11 nitrogen and oxygen atoms in total. The van der Waals surface area contributed by atoms with Crippen molar-refractivity contribution in [1.29, 1.82) is 0 Å². The van der Waals surface area contributed by atoms with Gasteiger partial charge in [-0.25, -0.2) is 4.79 Å². The van der Waals surface area contributed by atoms with Gasteiger partial charge in [0.1, 0.15) is 12.1 Å². The van der Waals surface area contributed by atoms with Gasteiger partial charge in [0, 0.05) is 12.5 Å². The van der Waals surface area contributed by atoms with E-state index in [9.17, 15) is 29.4 Å². The highest BCUT2D eigenvalue weighted by Crippen LogP contribution is 2.28. The maximum Gasteiger partial charge on any atom is 0.405 e. The van der Waals surface area contributed by atoms with Crippen LogP contribution in [0.3, 0.4) is 0 Å². The standard InChI is InChI=1S/C25H44N4O7/c1-15(36-25(2,3)4)20(29-24(34)35)23(33)28-19(12-16-8-6-5-7-9-16)22(32)27-18(14-30)13-17-10-11-26-21(17)31/h15-20,29-30H,5-14H2,1-4H3,(H,26,31)(H,27,32)(H,28,33)(H,34,35)/t15-,17+,18+,19+,20+/m1/s1. The number of nitrogens with one attached hydrogen (secondary N) is 4. The van der Waals surface area contributed by atoms with Crippen molar-refractivity contribution in [2.45, 2.75) is 109 Å². The molecule has 2 aliphatic rings. The van der Waals surface area contributed by atoms with Gasteiger partial charge in [0.15, 0.2) is 0 Å². The number of hydrogen-bond acceptors (Lipinski definition) is 6. The van der Waals surface area contributed by atoms with E-state index in [4.69, 9.17) is 4.74 Å². The third kappa shape index (κ3) is 9.93. The van der Waals surface area contributed by atoms with E-state index in [0.29, 0.717) is 25.8 Å². The van der Waals surface area contributed by atoms with Gasteiger partial charge in [-0.1, -0.05) is 32.1 Å². The van der Waals surface area contributed by atoms with Crippen LogP contribution in [-0.4, -0.2) is 77.0 Å². The molecule has 0 aromatic heterocycles. The number of carbonyl (C=O) groups is 4. The topological polar surface area (TPSA) is 166 Å². The fourth-order valence-electron chi connectivity index (χ4n) is 5.10. The summed E-state index contributed by atoms with van der Waals surface area (Å²) in [6, 6.07) is -2.76. The van der Waals surface area contributed by atoms with Crippen LogP contribution < -0.4 is 21.3 Å². The van der Waals surface area contributed by atoms with Gasteiger partial charge in [0.05, 0.1) is 24.4 Å². The number of amides is 4. The van der Waals surface area contributed by atoms with E-state index in [1.807, 2.05) is 0 Å². The van der Waals surface area contributed by atoms with Crippen LogP contribution in [0.25, 0.3) is 0 Å². The van der Waals surface area contributed by atoms with Crippen LogP contribution in [-0.2, 0) is 19.1 Å². The minimum atomic E-state index is -1.37. The summed E-state index contributed by atoms with van der Waals surface area (Å²) in [5, 5.41) is 29.7. The second kappa shape index (κ2) is 13.8. The Balaban J connectivity index is 2.15. The van der Waals surface area contributed by atoms with Gasteiger partial charge in [-0.05, 0) is 52.9 Å². The molecule has 36 heavy (non-hydrogen) atoms. The summed E-state index contributed by atoms with van der Waals surface area (Å²) in [5.41, 5.74) is -0.613. The zero-order valence-electron chi connectivity index (χ0n) is 22.0. The average molecular weight is 513 g/mol. The second-order valence-electron chi connectivity index (χ2n) is 11.1. The van der Waals surface area contributed by atoms with Crippen molar-refractivity contribution in [2.75, 3.05) is 13.2 Å². The fraction of sp³-hybridized carbons (Fsp3) is 0.840. The van der Waals surface area contributed by atoms with Crippen LogP contribution in [0.2, 0.25) is 0 Å². The Hall–Kier alpha value is -2.40. The molecule has 0 aromatic carbocycles. The molecule has 0 bridgehead atoms. The molecule has 0 radical (unpaired) electrons. The normalized spacial score (nSPS) is 22.1. The molecule has 5 atom stereocenters. The monoisotopic (exact) mass is 512 g/mol. The van der Waals surface area contributed by atoms with Crippen LogP contribution in [0.15, 0.2) is 0 Å². The van der Waals surface area contributed by atoms with E-state index in [-0.39, 0.29) is 24.3 Å². The Morgan fingerprint density at radius 3 is 2.22 bits per heavy atom. The highest BCUT2D eigenvalue weighted by atomic mass is 16.5. The number of aliphatic hydroxyl groups excluding tert-OH is 1. The van der Waals surface area contributed by atoms with Gasteiger partial charge in [0.2, 0.25) is 17.7 Å². The summed E-state index contributed by atoms with van der Waals surface area (Å²) in [7, 11) is 0. The molecule has 1 saturated carbocycles. The molecule has 1 heterocycles. The predicted molar refractivity (Wildman–Crippen MR) is 133 cm³/mol. The van der Waals surface area contributed by atoms with Gasteiger partial charge in [0.25, 0.3) is 0 Å². The Labute approximate surface area is 213 Å². The first-order valence-electron chi connectivity index (χ1n) is 13.1. The van der Waals surface area contributed by atoms with E-state index >= 15 is 0 Å². The molecule has 4 amide bonds. The van der Waals surface area contributed by atoms with Gasteiger partial charge in [-0.2, -0.15) is 0 Å². The average Bonchev–Trinajstić information content (AvgIpc) is 3.19. The zero-order valence-corrected chi connectivity index (χ0v) is 22.0. The van der Waals surface area contributed by atoms with Crippen molar-refractivity contribution in [3.8, 4) is 0 Å². The van der Waals surface area contributed by atoms with Crippen LogP contribution in [0, 0.1) is 11.8 Å². The number of carbonyl (C=O) groups excluding carboxylic acids is 3. The number of carboxylic acid groups (broad SMARTS) is 1. The molecular formula is C25H44N4O7. The highest BCUT2D eigenvalue weighted by Gasteiger charge is 2.35. The van der Waals surface area contributed by atoms with Crippen molar-refractivity contribution >= 4 is 23.8 Å². The maximum atomic E-state index is 13.3. The quantitative estimate of drug-likeness (QED) is 0.229. The van der Waals surface area contributed by atoms with Gasteiger partial charge < -0.3 is 36.2 Å². The third-order valence-corrected chi connectivity index (χ3v) is 6.80. The molecule has 0 unspecified atom stereocenters. The SMILES string of the molecule is C[C@@H](OC(C)(C)C)[C@H](NC(=O)O)C(=O)N[C@@H](CC1CCCCC1)C(=O)N[C@H](CO)C[C@@H]1CCNC1=O. The first kappa shape index (κ1) is 29.8. The lowest BCUT2D eigenvalue weighted by Crippen LogP contribution is -2.59. The summed E-state index contributed by atoms with van der Waals surface area (Å²) in [6.45, 7) is 7.26. The molecule has 0 spiro atoms. The molecular weight excluding hydrogens is 468 g/mol. The second-order valence-corrected chi connectivity index (χ2v) is 11.1. The molecule has 1 aliphatic heterocycles. The van der Waals surface area contributed by atoms with Crippen molar-refractivity contribution < 1.29 is 34.1 Å². The molecule has 206 valence electrons. The van der Waals surface area contributed by atoms with Crippen molar-refractivity contribution in [1.82, 2.24) is 21.3 Å². The molecule has 0 aromatic rings. The van der Waals surface area contributed by atoms with Crippen molar-refractivity contribution in [3.05, 3.63) is 0 Å². The highest BCUT2D eigenvalue weighted by molar-refractivity contribution is 5.91. The van der Waals surface area contributed by atoms with Crippen molar-refractivity contribution in [3.63, 3.8) is 0 Å². The minimum Gasteiger partial charge on any atom is -0.465 e. The Bertz CT molecular complexity index is 764. The first-order valence-corrected chi connectivity index (χ1v) is 13.1. The van der Waals surface area contributed by atoms with Gasteiger partial charge in [-0.3, -0.25) is 14.4 Å². The summed E-state index contributed by atoms with van der Waals surface area (Å²) < 4.78 is 5.82. The van der Waals surface area contributed by atoms with Gasteiger partial charge >= 0.3 is 6.09 Å². The lowest BCUT2D eigenvalue weighted by Gasteiger charge is -2.32. The van der Waals surface area contributed by atoms with E-state index in [1.54, 1.807) is 27.7 Å². The van der Waals surface area contributed by atoms with E-state index in [1.165, 1.54) is 0 Å². The fourth-order valence-corrected chi connectivity index (χ4v) is 5.10. The zero-order chi connectivity index (χ0) is 26.9. The smallest absolute Gasteiger partial charge is 0.405 e.